The molecule has 0 aromatic heterocycles. The SMILES string of the molecule is N#CC(=Cc1ccc(F)cc1)C(=O)N1CCCCC1. The average Bonchev–Trinajstić information content (AvgIpc) is 2.47. The molecule has 19 heavy (non-hydrogen) atoms. The first-order valence-electron chi connectivity index (χ1n) is 6.37. The molecule has 1 heterocycles. The summed E-state index contributed by atoms with van der Waals surface area (Å²) in [6.07, 6.45) is 4.62. The molecule has 1 fully saturated rings. The monoisotopic (exact) mass is 258 g/mol. The van der Waals surface area contributed by atoms with Crippen molar-refractivity contribution in [2.45, 2.75) is 19.3 Å². The van der Waals surface area contributed by atoms with Crippen molar-refractivity contribution in [3.8, 4) is 6.07 Å². The normalized spacial score (nSPS) is 16.0. The van der Waals surface area contributed by atoms with Crippen LogP contribution in [-0.2, 0) is 4.79 Å². The Balaban J connectivity index is 2.17. The number of likely N-dealkylation sites (tertiary alicyclic amines) is 1. The Bertz CT molecular complexity index is 522. The number of benzene rings is 1. The van der Waals surface area contributed by atoms with E-state index >= 15 is 0 Å². The van der Waals surface area contributed by atoms with E-state index in [4.69, 9.17) is 5.26 Å². The van der Waals surface area contributed by atoms with E-state index in [1.165, 1.54) is 18.2 Å². The molecule has 1 aromatic rings. The number of hydrogen-bond acceptors (Lipinski definition) is 2. The molecule has 0 spiro atoms. The third kappa shape index (κ3) is 3.41. The largest absolute Gasteiger partial charge is 0.338 e. The molecule has 0 atom stereocenters. The minimum Gasteiger partial charge on any atom is -0.338 e. The highest BCUT2D eigenvalue weighted by Gasteiger charge is 2.19. The summed E-state index contributed by atoms with van der Waals surface area (Å²) in [4.78, 5) is 13.9. The van der Waals surface area contributed by atoms with E-state index in [0.717, 1.165) is 19.3 Å². The zero-order valence-electron chi connectivity index (χ0n) is 10.6. The lowest BCUT2D eigenvalue weighted by Gasteiger charge is -2.26. The lowest BCUT2D eigenvalue weighted by Crippen LogP contribution is -2.36. The van der Waals surface area contributed by atoms with Crippen LogP contribution in [0.4, 0.5) is 4.39 Å². The van der Waals surface area contributed by atoms with Crippen LogP contribution >= 0.6 is 0 Å². The smallest absolute Gasteiger partial charge is 0.264 e. The molecule has 1 aromatic carbocycles. The number of nitriles is 1. The highest BCUT2D eigenvalue weighted by Crippen LogP contribution is 2.14. The molecule has 0 N–H and O–H groups in total. The Morgan fingerprint density at radius 3 is 2.42 bits per heavy atom. The van der Waals surface area contributed by atoms with Crippen molar-refractivity contribution in [1.29, 1.82) is 5.26 Å². The first-order valence-corrected chi connectivity index (χ1v) is 6.37. The Kier molecular flexibility index (Phi) is 4.30. The van der Waals surface area contributed by atoms with Crippen LogP contribution in [0, 0.1) is 17.1 Å². The van der Waals surface area contributed by atoms with Gasteiger partial charge in [-0.1, -0.05) is 12.1 Å². The quantitative estimate of drug-likeness (QED) is 0.604. The number of nitrogens with zero attached hydrogens (tertiary/aromatic N) is 2. The fourth-order valence-corrected chi connectivity index (χ4v) is 2.13. The van der Waals surface area contributed by atoms with Gasteiger partial charge in [0.1, 0.15) is 17.5 Å². The molecule has 0 saturated carbocycles. The maximum atomic E-state index is 12.8. The van der Waals surface area contributed by atoms with Gasteiger partial charge in [-0.3, -0.25) is 4.79 Å². The minimum atomic E-state index is -0.335. The zero-order valence-corrected chi connectivity index (χ0v) is 10.6. The fourth-order valence-electron chi connectivity index (χ4n) is 2.13. The topological polar surface area (TPSA) is 44.1 Å². The lowest BCUT2D eigenvalue weighted by molar-refractivity contribution is -0.127. The second-order valence-electron chi connectivity index (χ2n) is 4.57. The predicted molar refractivity (Wildman–Crippen MR) is 70.4 cm³/mol. The van der Waals surface area contributed by atoms with Crippen molar-refractivity contribution in [2.24, 2.45) is 0 Å². The van der Waals surface area contributed by atoms with E-state index < -0.39 is 0 Å². The van der Waals surface area contributed by atoms with Crippen LogP contribution in [0.5, 0.6) is 0 Å². The van der Waals surface area contributed by atoms with Gasteiger partial charge in [-0.2, -0.15) is 5.26 Å². The van der Waals surface area contributed by atoms with Crippen LogP contribution in [0.2, 0.25) is 0 Å². The van der Waals surface area contributed by atoms with Crippen molar-refractivity contribution >= 4 is 12.0 Å². The van der Waals surface area contributed by atoms with Gasteiger partial charge in [-0.25, -0.2) is 4.39 Å². The second-order valence-corrected chi connectivity index (χ2v) is 4.57. The lowest BCUT2D eigenvalue weighted by atomic mass is 10.1. The number of hydrogen-bond donors (Lipinski definition) is 0. The first kappa shape index (κ1) is 13.3. The Morgan fingerprint density at radius 1 is 1.21 bits per heavy atom. The van der Waals surface area contributed by atoms with Gasteiger partial charge in [0.15, 0.2) is 0 Å². The highest BCUT2D eigenvalue weighted by atomic mass is 19.1. The zero-order chi connectivity index (χ0) is 13.7. The standard InChI is InChI=1S/C15H15FN2O/c16-14-6-4-12(5-7-14)10-13(11-17)15(19)18-8-2-1-3-9-18/h4-7,10H,1-3,8-9H2. The van der Waals surface area contributed by atoms with Crippen molar-refractivity contribution in [3.63, 3.8) is 0 Å². The summed E-state index contributed by atoms with van der Waals surface area (Å²) in [5.74, 6) is -0.565. The molecular formula is C15H15FN2O. The van der Waals surface area contributed by atoms with Crippen molar-refractivity contribution in [3.05, 3.63) is 41.2 Å². The van der Waals surface area contributed by atoms with Crippen LogP contribution < -0.4 is 0 Å². The van der Waals surface area contributed by atoms with Gasteiger partial charge in [0, 0.05) is 13.1 Å². The summed E-state index contributed by atoms with van der Waals surface area (Å²) < 4.78 is 12.8. The molecule has 1 aliphatic rings. The van der Waals surface area contributed by atoms with Gasteiger partial charge in [-0.15, -0.1) is 0 Å². The summed E-state index contributed by atoms with van der Waals surface area (Å²) in [6.45, 7) is 1.42. The van der Waals surface area contributed by atoms with Crippen LogP contribution in [0.1, 0.15) is 24.8 Å². The third-order valence-electron chi connectivity index (χ3n) is 3.18. The van der Waals surface area contributed by atoms with E-state index in [9.17, 15) is 9.18 Å². The van der Waals surface area contributed by atoms with E-state index in [1.54, 1.807) is 17.0 Å². The van der Waals surface area contributed by atoms with Crippen molar-refractivity contribution < 1.29 is 9.18 Å². The molecule has 3 nitrogen and oxygen atoms in total. The van der Waals surface area contributed by atoms with Crippen LogP contribution in [0.25, 0.3) is 6.08 Å². The molecule has 0 bridgehead atoms. The van der Waals surface area contributed by atoms with Crippen LogP contribution in [-0.4, -0.2) is 23.9 Å². The summed E-state index contributed by atoms with van der Waals surface area (Å²) >= 11 is 0. The molecular weight excluding hydrogens is 243 g/mol. The summed E-state index contributed by atoms with van der Waals surface area (Å²) in [6, 6.07) is 7.67. The van der Waals surface area contributed by atoms with Crippen LogP contribution in [0.15, 0.2) is 29.8 Å². The van der Waals surface area contributed by atoms with Crippen LogP contribution in [0.3, 0.4) is 0 Å². The highest BCUT2D eigenvalue weighted by molar-refractivity contribution is 6.01. The van der Waals surface area contributed by atoms with Gasteiger partial charge in [0.2, 0.25) is 0 Å². The summed E-state index contributed by atoms with van der Waals surface area (Å²) in [5.41, 5.74) is 0.761. The van der Waals surface area contributed by atoms with E-state index in [2.05, 4.69) is 0 Å². The maximum Gasteiger partial charge on any atom is 0.264 e. The van der Waals surface area contributed by atoms with Gasteiger partial charge >= 0.3 is 0 Å². The van der Waals surface area contributed by atoms with E-state index in [0.29, 0.717) is 18.7 Å². The Morgan fingerprint density at radius 2 is 1.84 bits per heavy atom. The average molecular weight is 258 g/mol. The van der Waals surface area contributed by atoms with Gasteiger partial charge in [0.25, 0.3) is 5.91 Å². The molecule has 4 heteroatoms. The Hall–Kier alpha value is -2.15. The molecule has 0 radical (unpaired) electrons. The fraction of sp³-hybridized carbons (Fsp3) is 0.333. The molecule has 98 valence electrons. The molecule has 0 unspecified atom stereocenters. The number of carbonyl (C=O) groups is 1. The molecule has 2 rings (SSSR count). The predicted octanol–water partition coefficient (Wildman–Crippen LogP) is 2.75. The number of piperidine rings is 1. The number of carbonyl (C=O) groups excluding carboxylic acids is 1. The maximum absolute atomic E-state index is 12.8. The molecule has 1 saturated heterocycles. The van der Waals surface area contributed by atoms with E-state index in [-0.39, 0.29) is 17.3 Å². The second kappa shape index (κ2) is 6.14. The molecule has 1 aliphatic heterocycles. The van der Waals surface area contributed by atoms with Crippen molar-refractivity contribution in [1.82, 2.24) is 4.90 Å². The molecule has 1 amide bonds. The van der Waals surface area contributed by atoms with Gasteiger partial charge < -0.3 is 4.90 Å². The number of halogens is 1. The number of amides is 1. The Labute approximate surface area is 111 Å². The van der Waals surface area contributed by atoms with Crippen molar-refractivity contribution in [2.75, 3.05) is 13.1 Å². The summed E-state index contributed by atoms with van der Waals surface area (Å²) in [7, 11) is 0. The van der Waals surface area contributed by atoms with Gasteiger partial charge in [-0.05, 0) is 43.0 Å². The van der Waals surface area contributed by atoms with E-state index in [1.807, 2.05) is 6.07 Å². The summed E-state index contributed by atoms with van der Waals surface area (Å²) in [5, 5.41) is 9.10. The third-order valence-corrected chi connectivity index (χ3v) is 3.18. The number of rotatable bonds is 2. The first-order chi connectivity index (χ1) is 9.20. The van der Waals surface area contributed by atoms with Gasteiger partial charge in [0.05, 0.1) is 0 Å². The molecule has 0 aliphatic carbocycles. The minimum absolute atomic E-state index is 0.105.